The summed E-state index contributed by atoms with van der Waals surface area (Å²) in [6.45, 7) is 1.24. The molecule has 0 atom stereocenters. The van der Waals surface area contributed by atoms with Crippen LogP contribution in [0.1, 0.15) is 11.1 Å². The maximum absolute atomic E-state index is 6.05. The number of rotatable bonds is 8. The predicted molar refractivity (Wildman–Crippen MR) is 112 cm³/mol. The first-order chi connectivity index (χ1) is 13.2. The van der Waals surface area contributed by atoms with Crippen molar-refractivity contribution in [1.82, 2.24) is 0 Å². The molecule has 0 heterocycles. The summed E-state index contributed by atoms with van der Waals surface area (Å²) in [6, 6.07) is 21.7. The van der Waals surface area contributed by atoms with E-state index < -0.39 is 0 Å². The first-order valence-electron chi connectivity index (χ1n) is 8.68. The van der Waals surface area contributed by atoms with Crippen molar-refractivity contribution >= 4 is 28.9 Å². The molecule has 27 heavy (non-hydrogen) atoms. The molecule has 140 valence electrons. The molecule has 0 aliphatic heterocycles. The van der Waals surface area contributed by atoms with Crippen molar-refractivity contribution in [2.45, 2.75) is 13.0 Å². The highest BCUT2D eigenvalue weighted by atomic mass is 35.5. The fourth-order valence-electron chi connectivity index (χ4n) is 2.67. The molecule has 0 spiro atoms. The third kappa shape index (κ3) is 5.56. The molecule has 3 aromatic rings. The fraction of sp³-hybridized carbons (Fsp3) is 0.182. The minimum Gasteiger partial charge on any atom is -0.493 e. The molecule has 0 radical (unpaired) electrons. The Morgan fingerprint density at radius 3 is 2.37 bits per heavy atom. The van der Waals surface area contributed by atoms with Gasteiger partial charge in [0.05, 0.1) is 23.8 Å². The van der Waals surface area contributed by atoms with E-state index in [0.717, 1.165) is 29.2 Å². The average molecular weight is 402 g/mol. The molecule has 0 aliphatic carbocycles. The molecule has 5 heteroatoms. The first kappa shape index (κ1) is 19.4. The second-order valence-electron chi connectivity index (χ2n) is 6.05. The van der Waals surface area contributed by atoms with Crippen molar-refractivity contribution in [2.75, 3.05) is 19.0 Å². The molecule has 1 N–H and O–H groups in total. The van der Waals surface area contributed by atoms with E-state index in [4.69, 9.17) is 32.7 Å². The summed E-state index contributed by atoms with van der Waals surface area (Å²) in [7, 11) is 1.65. The van der Waals surface area contributed by atoms with Crippen LogP contribution in [-0.4, -0.2) is 13.7 Å². The molecular formula is C22H21Cl2NO2. The van der Waals surface area contributed by atoms with Crippen LogP contribution in [0, 0.1) is 0 Å². The van der Waals surface area contributed by atoms with E-state index in [-0.39, 0.29) is 0 Å². The molecule has 3 rings (SSSR count). The zero-order chi connectivity index (χ0) is 19.1. The summed E-state index contributed by atoms with van der Waals surface area (Å²) in [5, 5.41) is 4.40. The average Bonchev–Trinajstić information content (AvgIpc) is 2.70. The second-order valence-corrected chi connectivity index (χ2v) is 6.87. The quantitative estimate of drug-likeness (QED) is 0.484. The number of benzene rings is 3. The molecule has 3 nitrogen and oxygen atoms in total. The highest BCUT2D eigenvalue weighted by molar-refractivity contribution is 6.42. The Labute approximate surface area is 169 Å². The van der Waals surface area contributed by atoms with Crippen LogP contribution in [-0.2, 0) is 13.0 Å². The molecule has 3 aromatic carbocycles. The SMILES string of the molecule is COc1cc(CNc2ccc(Cl)c(Cl)c2)ccc1OCCc1ccccc1. The highest BCUT2D eigenvalue weighted by Crippen LogP contribution is 2.29. The molecule has 0 aromatic heterocycles. The van der Waals surface area contributed by atoms with Gasteiger partial charge in [0.2, 0.25) is 0 Å². The van der Waals surface area contributed by atoms with Gasteiger partial charge in [-0.2, -0.15) is 0 Å². The Morgan fingerprint density at radius 2 is 1.63 bits per heavy atom. The Balaban J connectivity index is 1.58. The van der Waals surface area contributed by atoms with Gasteiger partial charge in [-0.25, -0.2) is 0 Å². The minimum atomic E-state index is 0.529. The van der Waals surface area contributed by atoms with Crippen molar-refractivity contribution in [3.05, 3.63) is 87.9 Å². The van der Waals surface area contributed by atoms with Crippen molar-refractivity contribution in [2.24, 2.45) is 0 Å². The van der Waals surface area contributed by atoms with Crippen LogP contribution in [0.4, 0.5) is 5.69 Å². The summed E-state index contributed by atoms with van der Waals surface area (Å²) in [4.78, 5) is 0. The summed E-state index contributed by atoms with van der Waals surface area (Å²) in [6.07, 6.45) is 0.852. The van der Waals surface area contributed by atoms with Crippen LogP contribution >= 0.6 is 23.2 Å². The van der Waals surface area contributed by atoms with Gasteiger partial charge >= 0.3 is 0 Å². The largest absolute Gasteiger partial charge is 0.493 e. The van der Waals surface area contributed by atoms with Crippen LogP contribution in [0.15, 0.2) is 66.7 Å². The molecule has 0 saturated heterocycles. The second kappa shape index (κ2) is 9.54. The lowest BCUT2D eigenvalue weighted by atomic mass is 10.1. The standard InChI is InChI=1S/C22H21Cl2NO2/c1-26-22-13-17(15-25-18-8-9-19(23)20(24)14-18)7-10-21(22)27-12-11-16-5-3-2-4-6-16/h2-10,13-14,25H,11-12,15H2,1H3. The van der Waals surface area contributed by atoms with E-state index in [1.54, 1.807) is 13.2 Å². The Kier molecular flexibility index (Phi) is 6.86. The molecule has 0 amide bonds. The summed E-state index contributed by atoms with van der Waals surface area (Å²) in [5.74, 6) is 1.46. The van der Waals surface area contributed by atoms with Gasteiger partial charge in [0.1, 0.15) is 0 Å². The van der Waals surface area contributed by atoms with Crippen LogP contribution < -0.4 is 14.8 Å². The number of halogens is 2. The molecule has 0 unspecified atom stereocenters. The third-order valence-corrected chi connectivity index (χ3v) is 4.87. The third-order valence-electron chi connectivity index (χ3n) is 4.14. The van der Waals surface area contributed by atoms with Gasteiger partial charge in [0, 0.05) is 18.7 Å². The fourth-order valence-corrected chi connectivity index (χ4v) is 2.97. The number of ether oxygens (including phenoxy) is 2. The number of methoxy groups -OCH3 is 1. The van der Waals surface area contributed by atoms with Gasteiger partial charge in [-0.05, 0) is 41.5 Å². The van der Waals surface area contributed by atoms with Crippen LogP contribution in [0.5, 0.6) is 11.5 Å². The van der Waals surface area contributed by atoms with Crippen molar-refractivity contribution < 1.29 is 9.47 Å². The lowest BCUT2D eigenvalue weighted by Gasteiger charge is -2.13. The zero-order valence-corrected chi connectivity index (χ0v) is 16.6. The van der Waals surface area contributed by atoms with E-state index >= 15 is 0 Å². The highest BCUT2D eigenvalue weighted by Gasteiger charge is 2.07. The number of nitrogens with one attached hydrogen (secondary N) is 1. The van der Waals surface area contributed by atoms with E-state index in [9.17, 15) is 0 Å². The first-order valence-corrected chi connectivity index (χ1v) is 9.44. The van der Waals surface area contributed by atoms with Gasteiger partial charge in [0.25, 0.3) is 0 Å². The van der Waals surface area contributed by atoms with E-state index in [2.05, 4.69) is 17.4 Å². The van der Waals surface area contributed by atoms with E-state index in [0.29, 0.717) is 23.2 Å². The van der Waals surface area contributed by atoms with E-state index in [1.807, 2.05) is 48.5 Å². The zero-order valence-electron chi connectivity index (χ0n) is 15.0. The van der Waals surface area contributed by atoms with Crippen LogP contribution in [0.25, 0.3) is 0 Å². The normalized spacial score (nSPS) is 10.5. The molecule has 0 saturated carbocycles. The number of anilines is 1. The molecular weight excluding hydrogens is 381 g/mol. The Morgan fingerprint density at radius 1 is 0.815 bits per heavy atom. The maximum Gasteiger partial charge on any atom is 0.161 e. The molecule has 0 fully saturated rings. The smallest absolute Gasteiger partial charge is 0.161 e. The number of hydrogen-bond acceptors (Lipinski definition) is 3. The number of hydrogen-bond donors (Lipinski definition) is 1. The Hall–Kier alpha value is -2.36. The van der Waals surface area contributed by atoms with Gasteiger partial charge in [-0.3, -0.25) is 0 Å². The van der Waals surface area contributed by atoms with Crippen molar-refractivity contribution in [1.29, 1.82) is 0 Å². The van der Waals surface area contributed by atoms with Gasteiger partial charge in [-0.1, -0.05) is 59.6 Å². The van der Waals surface area contributed by atoms with Crippen LogP contribution in [0.3, 0.4) is 0 Å². The summed E-state index contributed by atoms with van der Waals surface area (Å²) >= 11 is 12.0. The molecule has 0 bridgehead atoms. The van der Waals surface area contributed by atoms with Gasteiger partial charge in [-0.15, -0.1) is 0 Å². The van der Waals surface area contributed by atoms with E-state index in [1.165, 1.54) is 5.56 Å². The lowest BCUT2D eigenvalue weighted by molar-refractivity contribution is 0.297. The Bertz CT molecular complexity index is 885. The maximum atomic E-state index is 6.05. The molecule has 0 aliphatic rings. The van der Waals surface area contributed by atoms with Crippen LogP contribution in [0.2, 0.25) is 10.0 Å². The van der Waals surface area contributed by atoms with Gasteiger partial charge in [0.15, 0.2) is 11.5 Å². The van der Waals surface area contributed by atoms with Crippen molar-refractivity contribution in [3.63, 3.8) is 0 Å². The summed E-state index contributed by atoms with van der Waals surface area (Å²) in [5.41, 5.74) is 3.23. The van der Waals surface area contributed by atoms with Gasteiger partial charge < -0.3 is 14.8 Å². The van der Waals surface area contributed by atoms with Crippen molar-refractivity contribution in [3.8, 4) is 11.5 Å². The minimum absolute atomic E-state index is 0.529. The monoisotopic (exact) mass is 401 g/mol. The topological polar surface area (TPSA) is 30.5 Å². The predicted octanol–water partition coefficient (Wildman–Crippen LogP) is 6.24. The summed E-state index contributed by atoms with van der Waals surface area (Å²) < 4.78 is 11.4. The lowest BCUT2D eigenvalue weighted by Crippen LogP contribution is -2.04.